The maximum Gasteiger partial charge on any atom is 0.0814 e. The number of ether oxygens (including phenoxy) is 2. The SMILES string of the molecule is COCCOCC(O)Cc1ccncc1Cl. The molecule has 0 aromatic carbocycles. The first-order valence-electron chi connectivity index (χ1n) is 5.07. The molecule has 0 aliphatic carbocycles. The van der Waals surface area contributed by atoms with E-state index in [1.54, 1.807) is 25.6 Å². The number of methoxy groups -OCH3 is 1. The highest BCUT2D eigenvalue weighted by atomic mass is 35.5. The predicted molar refractivity (Wildman–Crippen MR) is 61.7 cm³/mol. The maximum absolute atomic E-state index is 9.68. The van der Waals surface area contributed by atoms with Gasteiger partial charge in [-0.15, -0.1) is 0 Å². The Bertz CT molecular complexity index is 309. The van der Waals surface area contributed by atoms with Crippen LogP contribution in [0.1, 0.15) is 5.56 Å². The van der Waals surface area contributed by atoms with Gasteiger partial charge in [0.2, 0.25) is 0 Å². The second-order valence-corrected chi connectivity index (χ2v) is 3.80. The molecule has 0 amide bonds. The van der Waals surface area contributed by atoms with Crippen molar-refractivity contribution in [1.29, 1.82) is 0 Å². The normalized spacial score (nSPS) is 12.7. The smallest absolute Gasteiger partial charge is 0.0814 e. The Morgan fingerprint density at radius 1 is 1.50 bits per heavy atom. The number of nitrogens with zero attached hydrogens (tertiary/aromatic N) is 1. The van der Waals surface area contributed by atoms with Gasteiger partial charge >= 0.3 is 0 Å². The van der Waals surface area contributed by atoms with E-state index >= 15 is 0 Å². The Hall–Kier alpha value is -0.680. The number of aliphatic hydroxyl groups is 1. The third-order valence-corrected chi connectivity index (χ3v) is 2.39. The summed E-state index contributed by atoms with van der Waals surface area (Å²) < 4.78 is 10.0. The number of hydrogen-bond acceptors (Lipinski definition) is 4. The van der Waals surface area contributed by atoms with E-state index in [-0.39, 0.29) is 6.61 Å². The van der Waals surface area contributed by atoms with Gasteiger partial charge in [0.1, 0.15) is 0 Å². The second kappa shape index (κ2) is 7.57. The average Bonchev–Trinajstić information content (AvgIpc) is 2.28. The van der Waals surface area contributed by atoms with Crippen LogP contribution in [-0.2, 0) is 15.9 Å². The molecule has 0 aliphatic rings. The minimum Gasteiger partial charge on any atom is -0.390 e. The first-order valence-corrected chi connectivity index (χ1v) is 5.45. The van der Waals surface area contributed by atoms with Crippen LogP contribution in [0.3, 0.4) is 0 Å². The molecular formula is C11H16ClNO3. The van der Waals surface area contributed by atoms with Crippen LogP contribution in [0, 0.1) is 0 Å². The van der Waals surface area contributed by atoms with Gasteiger partial charge in [-0.3, -0.25) is 4.98 Å². The van der Waals surface area contributed by atoms with Crippen molar-refractivity contribution in [1.82, 2.24) is 4.98 Å². The fourth-order valence-electron chi connectivity index (χ4n) is 1.24. The first-order chi connectivity index (χ1) is 7.74. The monoisotopic (exact) mass is 245 g/mol. The molecule has 0 spiro atoms. The lowest BCUT2D eigenvalue weighted by atomic mass is 10.1. The van der Waals surface area contributed by atoms with Crippen LogP contribution in [0.25, 0.3) is 0 Å². The molecule has 0 fully saturated rings. The van der Waals surface area contributed by atoms with Crippen LogP contribution in [-0.4, -0.2) is 43.1 Å². The fraction of sp³-hybridized carbons (Fsp3) is 0.545. The van der Waals surface area contributed by atoms with Crippen molar-refractivity contribution in [3.8, 4) is 0 Å². The molecule has 1 unspecified atom stereocenters. The van der Waals surface area contributed by atoms with Gasteiger partial charge in [-0.2, -0.15) is 0 Å². The maximum atomic E-state index is 9.68. The fourth-order valence-corrected chi connectivity index (χ4v) is 1.44. The van der Waals surface area contributed by atoms with Gasteiger partial charge in [0.05, 0.1) is 30.9 Å². The van der Waals surface area contributed by atoms with E-state index in [1.165, 1.54) is 0 Å². The zero-order valence-corrected chi connectivity index (χ0v) is 9.98. The van der Waals surface area contributed by atoms with Gasteiger partial charge in [-0.25, -0.2) is 0 Å². The van der Waals surface area contributed by atoms with Crippen LogP contribution >= 0.6 is 11.6 Å². The number of hydrogen-bond donors (Lipinski definition) is 1. The largest absolute Gasteiger partial charge is 0.390 e. The topological polar surface area (TPSA) is 51.6 Å². The quantitative estimate of drug-likeness (QED) is 0.736. The minimum absolute atomic E-state index is 0.280. The van der Waals surface area contributed by atoms with Crippen molar-refractivity contribution in [3.63, 3.8) is 0 Å². The molecule has 0 radical (unpaired) electrons. The summed E-state index contributed by atoms with van der Waals surface area (Å²) >= 11 is 5.92. The Morgan fingerprint density at radius 2 is 2.31 bits per heavy atom. The van der Waals surface area contributed by atoms with Crippen LogP contribution < -0.4 is 0 Å². The number of rotatable bonds is 7. The van der Waals surface area contributed by atoms with Crippen molar-refractivity contribution < 1.29 is 14.6 Å². The molecule has 1 aromatic heterocycles. The van der Waals surface area contributed by atoms with E-state index in [9.17, 15) is 5.11 Å². The summed E-state index contributed by atoms with van der Waals surface area (Å²) in [4.78, 5) is 3.88. The molecule has 1 heterocycles. The molecular weight excluding hydrogens is 230 g/mol. The van der Waals surface area contributed by atoms with Gasteiger partial charge < -0.3 is 14.6 Å². The summed E-state index contributed by atoms with van der Waals surface area (Å²) in [5.41, 5.74) is 0.875. The van der Waals surface area contributed by atoms with Crippen LogP contribution in [0.15, 0.2) is 18.5 Å². The van der Waals surface area contributed by atoms with E-state index in [2.05, 4.69) is 4.98 Å². The summed E-state index contributed by atoms with van der Waals surface area (Å²) in [7, 11) is 1.61. The molecule has 1 rings (SSSR count). The summed E-state index contributed by atoms with van der Waals surface area (Å²) in [6.07, 6.45) is 3.13. The molecule has 1 atom stereocenters. The van der Waals surface area contributed by atoms with E-state index in [0.29, 0.717) is 24.7 Å². The molecule has 5 heteroatoms. The molecule has 1 aromatic rings. The highest BCUT2D eigenvalue weighted by Crippen LogP contribution is 2.15. The third-order valence-electron chi connectivity index (χ3n) is 2.05. The Kier molecular flexibility index (Phi) is 6.33. The third kappa shape index (κ3) is 4.90. The van der Waals surface area contributed by atoms with Crippen molar-refractivity contribution in [2.24, 2.45) is 0 Å². The van der Waals surface area contributed by atoms with Crippen molar-refractivity contribution in [3.05, 3.63) is 29.0 Å². The molecule has 0 bridgehead atoms. The second-order valence-electron chi connectivity index (χ2n) is 3.39. The molecule has 0 aliphatic heterocycles. The standard InChI is InChI=1S/C11H16ClNO3/c1-15-4-5-16-8-10(14)6-9-2-3-13-7-11(9)12/h2-3,7,10,14H,4-6,8H2,1H3. The Morgan fingerprint density at radius 3 is 3.00 bits per heavy atom. The van der Waals surface area contributed by atoms with Gasteiger partial charge in [-0.05, 0) is 11.6 Å². The lowest BCUT2D eigenvalue weighted by molar-refractivity contribution is 0.0137. The lowest BCUT2D eigenvalue weighted by Crippen LogP contribution is -2.19. The summed E-state index contributed by atoms with van der Waals surface area (Å²) in [5.74, 6) is 0. The molecule has 90 valence electrons. The van der Waals surface area contributed by atoms with Crippen molar-refractivity contribution in [2.45, 2.75) is 12.5 Å². The highest BCUT2D eigenvalue weighted by molar-refractivity contribution is 6.31. The molecule has 16 heavy (non-hydrogen) atoms. The summed E-state index contributed by atoms with van der Waals surface area (Å²) in [6.45, 7) is 1.29. The first kappa shape index (κ1) is 13.4. The minimum atomic E-state index is -0.559. The van der Waals surface area contributed by atoms with E-state index < -0.39 is 6.10 Å². The Balaban J connectivity index is 2.28. The molecule has 1 N–H and O–H groups in total. The molecule has 4 nitrogen and oxygen atoms in total. The van der Waals surface area contributed by atoms with E-state index in [4.69, 9.17) is 21.1 Å². The van der Waals surface area contributed by atoms with Gasteiger partial charge in [0.25, 0.3) is 0 Å². The van der Waals surface area contributed by atoms with Gasteiger partial charge in [0.15, 0.2) is 0 Å². The van der Waals surface area contributed by atoms with Gasteiger partial charge in [-0.1, -0.05) is 11.6 Å². The highest BCUT2D eigenvalue weighted by Gasteiger charge is 2.08. The lowest BCUT2D eigenvalue weighted by Gasteiger charge is -2.11. The predicted octanol–water partition coefficient (Wildman–Crippen LogP) is 1.30. The average molecular weight is 246 g/mol. The summed E-state index contributed by atoms with van der Waals surface area (Å²) in [5, 5.41) is 10.2. The van der Waals surface area contributed by atoms with Crippen LogP contribution in [0.2, 0.25) is 5.02 Å². The van der Waals surface area contributed by atoms with E-state index in [1.807, 2.05) is 0 Å². The zero-order chi connectivity index (χ0) is 11.8. The van der Waals surface area contributed by atoms with Crippen LogP contribution in [0.4, 0.5) is 0 Å². The zero-order valence-electron chi connectivity index (χ0n) is 9.23. The van der Waals surface area contributed by atoms with Gasteiger partial charge in [0, 0.05) is 25.9 Å². The molecule has 0 saturated heterocycles. The number of aliphatic hydroxyl groups excluding tert-OH is 1. The van der Waals surface area contributed by atoms with Crippen molar-refractivity contribution >= 4 is 11.6 Å². The van der Waals surface area contributed by atoms with Crippen molar-refractivity contribution in [2.75, 3.05) is 26.9 Å². The van der Waals surface area contributed by atoms with E-state index in [0.717, 1.165) is 5.56 Å². The Labute approximate surface area is 100 Å². The molecule has 0 saturated carbocycles. The number of aromatic nitrogens is 1. The number of pyridine rings is 1. The summed E-state index contributed by atoms with van der Waals surface area (Å²) in [6, 6.07) is 1.79. The van der Waals surface area contributed by atoms with Crippen LogP contribution in [0.5, 0.6) is 0 Å². The number of halogens is 1.